The molecule has 1 aromatic heterocycles. The van der Waals surface area contributed by atoms with E-state index in [2.05, 4.69) is 5.10 Å². The zero-order chi connectivity index (χ0) is 20.2. The molecule has 1 atom stereocenters. The molecule has 2 aromatic carbocycles. The van der Waals surface area contributed by atoms with Gasteiger partial charge >= 0.3 is 0 Å². The van der Waals surface area contributed by atoms with Gasteiger partial charge in [-0.3, -0.25) is 4.68 Å². The van der Waals surface area contributed by atoms with Gasteiger partial charge in [-0.25, -0.2) is 12.8 Å². The summed E-state index contributed by atoms with van der Waals surface area (Å²) in [6.45, 7) is 0.328. The number of benzene rings is 2. The van der Waals surface area contributed by atoms with Gasteiger partial charge in [0, 0.05) is 19.8 Å². The molecule has 2 aliphatic rings. The Morgan fingerprint density at radius 2 is 1.90 bits per heavy atom. The van der Waals surface area contributed by atoms with Gasteiger partial charge in [0.25, 0.3) is 0 Å². The monoisotopic (exact) mass is 415 g/mol. The topological polar surface area (TPSA) is 73.7 Å². The van der Waals surface area contributed by atoms with Crippen LogP contribution < -0.4 is 9.47 Å². The molecule has 0 saturated carbocycles. The zero-order valence-electron chi connectivity index (χ0n) is 15.6. The first-order valence-electron chi connectivity index (χ1n) is 9.13. The minimum Gasteiger partial charge on any atom is -0.454 e. The Bertz CT molecular complexity index is 1210. The number of hydrogen-bond donors (Lipinski definition) is 0. The molecule has 3 aromatic rings. The second kappa shape index (κ2) is 6.57. The third-order valence-electron chi connectivity index (χ3n) is 5.26. The van der Waals surface area contributed by atoms with Crippen molar-refractivity contribution in [2.24, 2.45) is 7.05 Å². The normalized spacial score (nSPS) is 18.6. The molecular formula is C20H18FN3O4S. The molecule has 0 radical (unpaired) electrons. The molecule has 7 nitrogen and oxygen atoms in total. The number of fused-ring (bicyclic) bond motifs is 2. The molecule has 0 aliphatic carbocycles. The van der Waals surface area contributed by atoms with Gasteiger partial charge in [-0.1, -0.05) is 12.1 Å². The molecule has 0 bridgehead atoms. The summed E-state index contributed by atoms with van der Waals surface area (Å²) in [7, 11) is -2.33. The summed E-state index contributed by atoms with van der Waals surface area (Å²) >= 11 is 0. The molecule has 0 unspecified atom stereocenters. The second-order valence-corrected chi connectivity index (χ2v) is 8.88. The minimum absolute atomic E-state index is 0.129. The van der Waals surface area contributed by atoms with Gasteiger partial charge in [-0.15, -0.1) is 0 Å². The van der Waals surface area contributed by atoms with Gasteiger partial charge in [-0.05, 0) is 47.9 Å². The highest BCUT2D eigenvalue weighted by Gasteiger charge is 2.40. The molecule has 9 heteroatoms. The second-order valence-electron chi connectivity index (χ2n) is 7.02. The van der Waals surface area contributed by atoms with Crippen molar-refractivity contribution in [3.05, 3.63) is 71.3 Å². The van der Waals surface area contributed by atoms with Crippen molar-refractivity contribution in [2.45, 2.75) is 17.4 Å². The lowest BCUT2D eigenvalue weighted by atomic mass is 9.92. The van der Waals surface area contributed by atoms with Gasteiger partial charge in [0.05, 0.1) is 11.7 Å². The van der Waals surface area contributed by atoms with E-state index in [-0.39, 0.29) is 18.2 Å². The molecule has 2 aliphatic heterocycles. The van der Waals surface area contributed by atoms with E-state index in [9.17, 15) is 12.8 Å². The zero-order valence-corrected chi connectivity index (χ0v) is 16.4. The highest BCUT2D eigenvalue weighted by atomic mass is 32.2. The number of ether oxygens (including phenoxy) is 2. The van der Waals surface area contributed by atoms with Crippen molar-refractivity contribution >= 4 is 10.0 Å². The Labute approximate surface area is 167 Å². The molecule has 0 saturated heterocycles. The standard InChI is InChI=1S/C20H18FN3O4S/c1-23-8-7-16(22-23)20-14-11-18-17(27-12-28-18)10-13(14)6-9-24(20)29(25,26)19-5-3-2-4-15(19)21/h2-5,7-8,10-11,20H,6,9,12H2,1H3/t20-/m0/s1. The quantitative estimate of drug-likeness (QED) is 0.658. The van der Waals surface area contributed by atoms with E-state index in [0.717, 1.165) is 17.2 Å². The molecule has 0 N–H and O–H groups in total. The van der Waals surface area contributed by atoms with Crippen LogP contribution in [0.25, 0.3) is 0 Å². The molecule has 0 fully saturated rings. The summed E-state index contributed by atoms with van der Waals surface area (Å²) in [5, 5.41) is 4.45. The van der Waals surface area contributed by atoms with Crippen LogP contribution in [-0.2, 0) is 23.5 Å². The predicted octanol–water partition coefficient (Wildman–Crippen LogP) is 2.62. The highest BCUT2D eigenvalue weighted by Crippen LogP contribution is 2.44. The van der Waals surface area contributed by atoms with Gasteiger partial charge in [0.2, 0.25) is 16.8 Å². The third kappa shape index (κ3) is 2.89. The Kier molecular flexibility index (Phi) is 4.11. The van der Waals surface area contributed by atoms with E-state index >= 15 is 0 Å². The summed E-state index contributed by atoms with van der Waals surface area (Å²) in [4.78, 5) is -0.342. The van der Waals surface area contributed by atoms with Crippen LogP contribution in [-0.4, -0.2) is 35.8 Å². The van der Waals surface area contributed by atoms with Crippen molar-refractivity contribution in [1.82, 2.24) is 14.1 Å². The van der Waals surface area contributed by atoms with Crippen molar-refractivity contribution in [1.29, 1.82) is 0 Å². The number of rotatable bonds is 3. The van der Waals surface area contributed by atoms with E-state index in [0.29, 0.717) is 23.6 Å². The first-order valence-corrected chi connectivity index (χ1v) is 10.6. The van der Waals surface area contributed by atoms with Crippen LogP contribution in [0.3, 0.4) is 0 Å². The first kappa shape index (κ1) is 18.1. The minimum atomic E-state index is -4.10. The lowest BCUT2D eigenvalue weighted by Gasteiger charge is -2.35. The van der Waals surface area contributed by atoms with Crippen LogP contribution in [0.1, 0.15) is 22.9 Å². The lowest BCUT2D eigenvalue weighted by Crippen LogP contribution is -2.41. The average Bonchev–Trinajstić information content (AvgIpc) is 3.33. The third-order valence-corrected chi connectivity index (χ3v) is 7.15. The maximum absolute atomic E-state index is 14.4. The smallest absolute Gasteiger partial charge is 0.246 e. The Morgan fingerprint density at radius 1 is 1.14 bits per heavy atom. The first-order chi connectivity index (χ1) is 13.9. The predicted molar refractivity (Wildman–Crippen MR) is 102 cm³/mol. The van der Waals surface area contributed by atoms with Gasteiger partial charge in [-0.2, -0.15) is 9.40 Å². The molecule has 5 rings (SSSR count). The molecule has 0 amide bonds. The van der Waals surface area contributed by atoms with Crippen LogP contribution in [0.15, 0.2) is 53.6 Å². The van der Waals surface area contributed by atoms with E-state index in [1.165, 1.54) is 22.5 Å². The molecule has 0 spiro atoms. The Balaban J connectivity index is 1.69. The summed E-state index contributed by atoms with van der Waals surface area (Å²) in [6.07, 6.45) is 2.23. The fourth-order valence-corrected chi connectivity index (χ4v) is 5.56. The van der Waals surface area contributed by atoms with Crippen molar-refractivity contribution in [2.75, 3.05) is 13.3 Å². The average molecular weight is 415 g/mol. The van der Waals surface area contributed by atoms with Gasteiger partial charge in [0.1, 0.15) is 10.7 Å². The lowest BCUT2D eigenvalue weighted by molar-refractivity contribution is 0.174. The van der Waals surface area contributed by atoms with Crippen molar-refractivity contribution in [3.8, 4) is 11.5 Å². The molecule has 29 heavy (non-hydrogen) atoms. The number of hydrogen-bond acceptors (Lipinski definition) is 5. The Morgan fingerprint density at radius 3 is 2.62 bits per heavy atom. The van der Waals surface area contributed by atoms with Crippen LogP contribution in [0.2, 0.25) is 0 Å². The summed E-state index contributed by atoms with van der Waals surface area (Å²) in [5.74, 6) is 0.438. The maximum atomic E-state index is 14.4. The highest BCUT2D eigenvalue weighted by molar-refractivity contribution is 7.89. The number of sulfonamides is 1. The van der Waals surface area contributed by atoms with Crippen molar-refractivity contribution in [3.63, 3.8) is 0 Å². The number of aromatic nitrogens is 2. The fraction of sp³-hybridized carbons (Fsp3) is 0.250. The molecular weight excluding hydrogens is 397 g/mol. The summed E-state index contributed by atoms with van der Waals surface area (Å²) in [6, 6.07) is 10.2. The largest absolute Gasteiger partial charge is 0.454 e. The SMILES string of the molecule is Cn1ccc([C@@H]2c3cc4c(cc3CCN2S(=O)(=O)c2ccccc2F)OCO4)n1. The van der Waals surface area contributed by atoms with Crippen LogP contribution in [0, 0.1) is 5.82 Å². The number of halogens is 1. The van der Waals surface area contributed by atoms with Crippen LogP contribution >= 0.6 is 0 Å². The number of nitrogens with zero attached hydrogens (tertiary/aromatic N) is 3. The van der Waals surface area contributed by atoms with E-state index in [4.69, 9.17) is 9.47 Å². The molecule has 3 heterocycles. The van der Waals surface area contributed by atoms with Crippen LogP contribution in [0.4, 0.5) is 4.39 Å². The van der Waals surface area contributed by atoms with Gasteiger partial charge in [0.15, 0.2) is 11.5 Å². The van der Waals surface area contributed by atoms with E-state index in [1.54, 1.807) is 30.1 Å². The summed E-state index contributed by atoms with van der Waals surface area (Å²) in [5.41, 5.74) is 2.29. The van der Waals surface area contributed by atoms with E-state index < -0.39 is 21.9 Å². The van der Waals surface area contributed by atoms with Crippen molar-refractivity contribution < 1.29 is 22.3 Å². The summed E-state index contributed by atoms with van der Waals surface area (Å²) < 4.78 is 55.2. The van der Waals surface area contributed by atoms with Crippen LogP contribution in [0.5, 0.6) is 11.5 Å². The molecule has 150 valence electrons. The Hall–Kier alpha value is -2.91. The van der Waals surface area contributed by atoms with E-state index in [1.807, 2.05) is 6.07 Å². The number of aryl methyl sites for hydroxylation is 1. The fourth-order valence-electron chi connectivity index (χ4n) is 3.91. The van der Waals surface area contributed by atoms with Gasteiger partial charge < -0.3 is 9.47 Å². The maximum Gasteiger partial charge on any atom is 0.246 e.